The van der Waals surface area contributed by atoms with Gasteiger partial charge in [-0.05, 0) is 36.4 Å². The number of hydrogen-bond donors (Lipinski definition) is 1. The van der Waals surface area contributed by atoms with Crippen molar-refractivity contribution in [2.45, 2.75) is 6.54 Å². The van der Waals surface area contributed by atoms with Gasteiger partial charge in [-0.25, -0.2) is 4.68 Å². The molecule has 0 bridgehead atoms. The van der Waals surface area contributed by atoms with Crippen molar-refractivity contribution in [3.8, 4) is 11.4 Å². The van der Waals surface area contributed by atoms with Crippen LogP contribution in [0, 0.1) is 0 Å². The third-order valence-corrected chi connectivity index (χ3v) is 7.10. The van der Waals surface area contributed by atoms with E-state index in [-0.39, 0.29) is 30.5 Å². The predicted octanol–water partition coefficient (Wildman–Crippen LogP) is 2.34. The molecule has 2 amide bonds. The number of rotatable bonds is 6. The first kappa shape index (κ1) is 23.8. The van der Waals surface area contributed by atoms with E-state index in [4.69, 9.17) is 11.6 Å². The first-order valence-electron chi connectivity index (χ1n) is 11.2. The number of likely N-dealkylation sites (N-methyl/N-ethyl adjacent to an activating group) is 1. The highest BCUT2D eigenvalue weighted by molar-refractivity contribution is 7.18. The van der Waals surface area contributed by atoms with Gasteiger partial charge in [-0.3, -0.25) is 19.0 Å². The summed E-state index contributed by atoms with van der Waals surface area (Å²) in [7, 11) is 1.78. The van der Waals surface area contributed by atoms with Crippen LogP contribution >= 0.6 is 22.9 Å². The van der Waals surface area contributed by atoms with Gasteiger partial charge in [0.2, 0.25) is 5.91 Å². The third-order valence-electron chi connectivity index (χ3n) is 5.87. The molecule has 0 radical (unpaired) electrons. The van der Waals surface area contributed by atoms with E-state index in [2.05, 4.69) is 15.6 Å². The summed E-state index contributed by atoms with van der Waals surface area (Å²) in [5, 5.41) is 11.3. The van der Waals surface area contributed by atoms with Gasteiger partial charge >= 0.3 is 0 Å². The van der Waals surface area contributed by atoms with Crippen LogP contribution in [0.3, 0.4) is 0 Å². The Bertz CT molecular complexity index is 1490. The van der Waals surface area contributed by atoms with Gasteiger partial charge in [-0.15, -0.1) is 16.4 Å². The second-order valence-electron chi connectivity index (χ2n) is 8.26. The average Bonchev–Trinajstić information content (AvgIpc) is 3.53. The van der Waals surface area contributed by atoms with Crippen LogP contribution in [0.2, 0.25) is 4.34 Å². The molecule has 0 aliphatic carbocycles. The fourth-order valence-electron chi connectivity index (χ4n) is 3.90. The van der Waals surface area contributed by atoms with Gasteiger partial charge < -0.3 is 15.1 Å². The van der Waals surface area contributed by atoms with Crippen LogP contribution in [0.1, 0.15) is 15.4 Å². The summed E-state index contributed by atoms with van der Waals surface area (Å²) in [6.07, 6.45) is 3.43. The normalized spacial score (nSPS) is 13.8. The molecule has 3 aromatic heterocycles. The Kier molecular flexibility index (Phi) is 6.57. The maximum Gasteiger partial charge on any atom is 0.261 e. The fraction of sp³-hybridized carbons (Fsp3) is 0.208. The van der Waals surface area contributed by atoms with E-state index in [0.29, 0.717) is 39.4 Å². The number of nitrogens with one attached hydrogen (secondary N) is 1. The number of hydrogen-bond acceptors (Lipinski definition) is 7. The summed E-state index contributed by atoms with van der Waals surface area (Å²) in [5.74, 6) is -0.235. The zero-order valence-corrected chi connectivity index (χ0v) is 20.9. The summed E-state index contributed by atoms with van der Waals surface area (Å²) in [4.78, 5) is 41.4. The molecule has 4 heterocycles. The van der Waals surface area contributed by atoms with Gasteiger partial charge in [-0.2, -0.15) is 0 Å². The predicted molar refractivity (Wildman–Crippen MR) is 137 cm³/mol. The number of anilines is 1. The van der Waals surface area contributed by atoms with Crippen LogP contribution in [0.15, 0.2) is 65.7 Å². The highest BCUT2D eigenvalue weighted by atomic mass is 35.5. The lowest BCUT2D eigenvalue weighted by Gasteiger charge is -2.34. The van der Waals surface area contributed by atoms with Crippen molar-refractivity contribution >= 4 is 40.4 Å². The van der Waals surface area contributed by atoms with Crippen molar-refractivity contribution in [1.82, 2.24) is 29.8 Å². The molecular weight excluding hydrogens is 502 g/mol. The molecule has 0 spiro atoms. The van der Waals surface area contributed by atoms with Crippen molar-refractivity contribution in [2.24, 2.45) is 0 Å². The lowest BCUT2D eigenvalue weighted by atomic mass is 10.2. The Morgan fingerprint density at radius 1 is 1.11 bits per heavy atom. The Labute approximate surface area is 215 Å². The fourth-order valence-corrected chi connectivity index (χ4v) is 4.86. The number of carbonyl (C=O) groups excluding carboxylic acids is 2. The molecule has 184 valence electrons. The van der Waals surface area contributed by atoms with E-state index in [1.807, 2.05) is 23.1 Å². The van der Waals surface area contributed by atoms with E-state index in [1.54, 1.807) is 57.9 Å². The molecule has 1 aliphatic heterocycles. The zero-order valence-electron chi connectivity index (χ0n) is 19.3. The number of benzene rings is 1. The SMILES string of the molecule is CN1CCN(c2cc(-n3ccccc3=O)ccc2-n2cc(CNC(=O)c3ccc(Cl)s3)nn2)CC1=O. The van der Waals surface area contributed by atoms with Gasteiger partial charge in [0.25, 0.3) is 11.5 Å². The molecule has 0 unspecified atom stereocenters. The molecule has 0 atom stereocenters. The quantitative estimate of drug-likeness (QED) is 0.416. The lowest BCUT2D eigenvalue weighted by molar-refractivity contribution is -0.129. The molecule has 1 fully saturated rings. The Balaban J connectivity index is 1.44. The molecule has 36 heavy (non-hydrogen) atoms. The maximum absolute atomic E-state index is 12.5. The number of thiophene rings is 1. The largest absolute Gasteiger partial charge is 0.359 e. The van der Waals surface area contributed by atoms with Gasteiger partial charge in [0.15, 0.2) is 0 Å². The highest BCUT2D eigenvalue weighted by Gasteiger charge is 2.24. The number of carbonyl (C=O) groups is 2. The first-order chi connectivity index (χ1) is 17.4. The van der Waals surface area contributed by atoms with Crippen LogP contribution < -0.4 is 15.8 Å². The number of amides is 2. The summed E-state index contributed by atoms with van der Waals surface area (Å²) in [6, 6.07) is 13.9. The number of pyridine rings is 1. The molecule has 1 aliphatic rings. The van der Waals surface area contributed by atoms with Gasteiger partial charge in [0.1, 0.15) is 5.69 Å². The van der Waals surface area contributed by atoms with Crippen molar-refractivity contribution in [1.29, 1.82) is 0 Å². The molecule has 12 heteroatoms. The molecule has 4 aromatic rings. The molecule has 10 nitrogen and oxygen atoms in total. The number of halogens is 1. The van der Waals surface area contributed by atoms with Gasteiger partial charge in [0, 0.05) is 32.4 Å². The lowest BCUT2D eigenvalue weighted by Crippen LogP contribution is -2.48. The van der Waals surface area contributed by atoms with E-state index < -0.39 is 0 Å². The monoisotopic (exact) mass is 523 g/mol. The highest BCUT2D eigenvalue weighted by Crippen LogP contribution is 2.28. The van der Waals surface area contributed by atoms with Crippen molar-refractivity contribution < 1.29 is 9.59 Å². The van der Waals surface area contributed by atoms with E-state index in [9.17, 15) is 14.4 Å². The number of piperazine rings is 1. The Hall–Kier alpha value is -3.96. The molecule has 1 aromatic carbocycles. The van der Waals surface area contributed by atoms with Crippen LogP contribution in [0.5, 0.6) is 0 Å². The van der Waals surface area contributed by atoms with E-state index in [1.165, 1.54) is 17.4 Å². The van der Waals surface area contributed by atoms with Crippen LogP contribution in [-0.4, -0.2) is 63.0 Å². The summed E-state index contributed by atoms with van der Waals surface area (Å²) in [6.45, 7) is 1.60. The van der Waals surface area contributed by atoms with E-state index in [0.717, 1.165) is 5.69 Å². The van der Waals surface area contributed by atoms with Crippen LogP contribution in [-0.2, 0) is 11.3 Å². The topological polar surface area (TPSA) is 105 Å². The maximum atomic E-state index is 12.5. The summed E-state index contributed by atoms with van der Waals surface area (Å²) in [5.41, 5.74) is 2.53. The minimum Gasteiger partial charge on any atom is -0.359 e. The molecule has 0 saturated carbocycles. The first-order valence-corrected chi connectivity index (χ1v) is 12.3. The van der Waals surface area contributed by atoms with Crippen molar-refractivity contribution in [2.75, 3.05) is 31.6 Å². The number of nitrogens with zero attached hydrogens (tertiary/aromatic N) is 6. The molecule has 5 rings (SSSR count). The van der Waals surface area contributed by atoms with Gasteiger partial charge in [-0.1, -0.05) is 22.9 Å². The summed E-state index contributed by atoms with van der Waals surface area (Å²) >= 11 is 7.12. The van der Waals surface area contributed by atoms with Gasteiger partial charge in [0.05, 0.1) is 45.6 Å². The van der Waals surface area contributed by atoms with Crippen LogP contribution in [0.25, 0.3) is 11.4 Å². The smallest absolute Gasteiger partial charge is 0.261 e. The molecular formula is C24H22ClN7O3S. The Morgan fingerprint density at radius 3 is 2.72 bits per heavy atom. The molecule has 1 N–H and O–H groups in total. The standard InChI is InChI=1S/C24H22ClN7O3S/c1-29-10-11-30(15-23(29)34)19-12-17(31-9-3-2-4-22(31)33)5-6-18(19)32-14-16(27-28-32)13-26-24(35)20-7-8-21(25)36-20/h2-9,12,14H,10-11,13,15H2,1H3,(H,26,35). The summed E-state index contributed by atoms with van der Waals surface area (Å²) < 4.78 is 3.70. The average molecular weight is 524 g/mol. The second-order valence-corrected chi connectivity index (χ2v) is 9.97. The minimum absolute atomic E-state index is 0.00477. The van der Waals surface area contributed by atoms with Crippen LogP contribution in [0.4, 0.5) is 5.69 Å². The second kappa shape index (κ2) is 9.96. The number of aromatic nitrogens is 4. The third kappa shape index (κ3) is 4.88. The minimum atomic E-state index is -0.240. The van der Waals surface area contributed by atoms with E-state index >= 15 is 0 Å². The van der Waals surface area contributed by atoms with Crippen molar-refractivity contribution in [3.63, 3.8) is 0 Å². The zero-order chi connectivity index (χ0) is 25.2. The van der Waals surface area contributed by atoms with Crippen molar-refractivity contribution in [3.05, 3.63) is 86.2 Å². The molecule has 1 saturated heterocycles. The Morgan fingerprint density at radius 2 is 1.97 bits per heavy atom.